The van der Waals surface area contributed by atoms with Gasteiger partial charge in [-0.15, -0.1) is 24.8 Å². The average molecular weight is 662 g/mol. The molecule has 1 N–H and O–H groups in total. The Morgan fingerprint density at radius 1 is 0.909 bits per heavy atom. The summed E-state index contributed by atoms with van der Waals surface area (Å²) >= 11 is 0. The molecule has 1 aliphatic rings. The molecule has 1 aliphatic heterocycles. The Morgan fingerprint density at radius 2 is 1.61 bits per heavy atom. The fourth-order valence-electron chi connectivity index (χ4n) is 5.57. The van der Waals surface area contributed by atoms with Crippen LogP contribution in [0, 0.1) is 0 Å². The molecular formula is C31H32Cl2F6N4O. The van der Waals surface area contributed by atoms with Crippen LogP contribution in [0.15, 0.2) is 73.2 Å². The largest absolute Gasteiger partial charge is 0.416 e. The van der Waals surface area contributed by atoms with Crippen LogP contribution >= 0.6 is 24.8 Å². The summed E-state index contributed by atoms with van der Waals surface area (Å²) in [6.07, 6.45) is -1.57. The number of fused-ring (bicyclic) bond motifs is 1. The van der Waals surface area contributed by atoms with Gasteiger partial charge >= 0.3 is 12.4 Å². The molecule has 0 spiro atoms. The topological polar surface area (TPSA) is 52.2 Å². The Hall–Kier alpha value is -3.28. The van der Waals surface area contributed by atoms with Crippen LogP contribution in [-0.2, 0) is 25.2 Å². The number of aryl methyl sites for hydroxylation is 1. The average Bonchev–Trinajstić information content (AvgIpc) is 3.37. The van der Waals surface area contributed by atoms with Crippen molar-refractivity contribution < 1.29 is 31.1 Å². The van der Waals surface area contributed by atoms with Crippen LogP contribution in [0.4, 0.5) is 26.3 Å². The third-order valence-corrected chi connectivity index (χ3v) is 7.71. The number of rotatable bonds is 8. The quantitative estimate of drug-likeness (QED) is 0.155. The van der Waals surface area contributed by atoms with Gasteiger partial charge in [-0.25, -0.2) is 0 Å². The molecule has 13 heteroatoms. The summed E-state index contributed by atoms with van der Waals surface area (Å²) in [6, 6.07) is 12.2. The van der Waals surface area contributed by atoms with Gasteiger partial charge in [-0.2, -0.15) is 26.3 Å². The SMILES string of the molecule is Cl.Cl.O=C(c1cc(C(F)(F)F)cc(C(F)(F)F)c1)N1CCN(CCCCc2cccnc2)C[C@H]1Cc1c[nH]c2ccccc12. The number of H-pyrrole nitrogens is 1. The van der Waals surface area contributed by atoms with Gasteiger partial charge in [-0.3, -0.25) is 14.7 Å². The summed E-state index contributed by atoms with van der Waals surface area (Å²) in [5, 5.41) is 0.955. The second kappa shape index (κ2) is 14.7. The van der Waals surface area contributed by atoms with Gasteiger partial charge < -0.3 is 9.88 Å². The van der Waals surface area contributed by atoms with E-state index in [9.17, 15) is 31.1 Å². The van der Waals surface area contributed by atoms with E-state index in [1.54, 1.807) is 6.20 Å². The number of aromatic amines is 1. The number of aromatic nitrogens is 2. The van der Waals surface area contributed by atoms with E-state index in [1.165, 1.54) is 4.90 Å². The molecule has 2 aromatic carbocycles. The summed E-state index contributed by atoms with van der Waals surface area (Å²) in [6.45, 7) is 1.86. The molecule has 0 aliphatic carbocycles. The number of alkyl halides is 6. The van der Waals surface area contributed by atoms with E-state index in [0.29, 0.717) is 31.6 Å². The molecule has 0 saturated carbocycles. The van der Waals surface area contributed by atoms with Crippen molar-refractivity contribution in [3.8, 4) is 0 Å². The zero-order valence-corrected chi connectivity index (χ0v) is 25.1. The molecule has 1 amide bonds. The van der Waals surface area contributed by atoms with Gasteiger partial charge in [0, 0.05) is 60.7 Å². The van der Waals surface area contributed by atoms with Crippen LogP contribution < -0.4 is 0 Å². The Bertz CT molecular complexity index is 1490. The highest BCUT2D eigenvalue weighted by atomic mass is 35.5. The number of nitrogens with zero attached hydrogens (tertiary/aromatic N) is 3. The lowest BCUT2D eigenvalue weighted by atomic mass is 9.98. The number of benzene rings is 2. The summed E-state index contributed by atoms with van der Waals surface area (Å²) in [5.74, 6) is -0.840. The summed E-state index contributed by atoms with van der Waals surface area (Å²) in [5.41, 5.74) is -0.648. The first-order valence-electron chi connectivity index (χ1n) is 13.8. The second-order valence-electron chi connectivity index (χ2n) is 10.6. The first-order chi connectivity index (χ1) is 20.0. The zero-order chi connectivity index (χ0) is 29.9. The molecule has 4 aromatic rings. The summed E-state index contributed by atoms with van der Waals surface area (Å²) in [7, 11) is 0. The lowest BCUT2D eigenvalue weighted by molar-refractivity contribution is -0.143. The molecule has 0 radical (unpaired) electrons. The van der Waals surface area contributed by atoms with Crippen LogP contribution in [0.25, 0.3) is 10.9 Å². The van der Waals surface area contributed by atoms with Crippen LogP contribution in [0.2, 0.25) is 0 Å². The van der Waals surface area contributed by atoms with Gasteiger partial charge in [0.25, 0.3) is 5.91 Å². The van der Waals surface area contributed by atoms with Crippen molar-refractivity contribution in [3.63, 3.8) is 0 Å². The molecule has 5 rings (SSSR count). The number of unbranched alkanes of at least 4 members (excludes halogenated alkanes) is 1. The minimum Gasteiger partial charge on any atom is -0.361 e. The van der Waals surface area contributed by atoms with Crippen LogP contribution in [0.1, 0.15) is 45.5 Å². The predicted octanol–water partition coefficient (Wildman–Crippen LogP) is 7.84. The van der Waals surface area contributed by atoms with Gasteiger partial charge in [0.1, 0.15) is 0 Å². The Kier molecular flexibility index (Phi) is 11.7. The Morgan fingerprint density at radius 3 is 2.27 bits per heavy atom. The number of carbonyl (C=O) groups is 1. The Labute approximate surface area is 263 Å². The molecule has 1 fully saturated rings. The maximum Gasteiger partial charge on any atom is 0.416 e. The van der Waals surface area contributed by atoms with Crippen molar-refractivity contribution in [2.75, 3.05) is 26.2 Å². The minimum absolute atomic E-state index is 0. The third kappa shape index (κ3) is 8.46. The molecule has 1 atom stereocenters. The maximum absolute atomic E-state index is 13.6. The highest BCUT2D eigenvalue weighted by molar-refractivity contribution is 5.95. The highest BCUT2D eigenvalue weighted by Crippen LogP contribution is 2.37. The number of hydrogen-bond donors (Lipinski definition) is 1. The van der Waals surface area contributed by atoms with E-state index in [1.807, 2.05) is 48.8 Å². The van der Waals surface area contributed by atoms with Gasteiger partial charge in [0.2, 0.25) is 0 Å². The molecule has 1 saturated heterocycles. The monoisotopic (exact) mass is 660 g/mol. The minimum atomic E-state index is -5.03. The molecule has 44 heavy (non-hydrogen) atoms. The number of pyridine rings is 1. The number of piperazine rings is 1. The number of halogens is 8. The van der Waals surface area contributed by atoms with Gasteiger partial charge in [-0.1, -0.05) is 24.3 Å². The van der Waals surface area contributed by atoms with Crippen LogP contribution in [-0.4, -0.2) is 57.9 Å². The maximum atomic E-state index is 13.6. The van der Waals surface area contributed by atoms with E-state index >= 15 is 0 Å². The number of nitrogens with one attached hydrogen (secondary N) is 1. The normalized spacial score (nSPS) is 16.0. The van der Waals surface area contributed by atoms with Crippen molar-refractivity contribution in [1.82, 2.24) is 19.8 Å². The van der Waals surface area contributed by atoms with E-state index in [4.69, 9.17) is 0 Å². The smallest absolute Gasteiger partial charge is 0.361 e. The lowest BCUT2D eigenvalue weighted by Gasteiger charge is -2.42. The van der Waals surface area contributed by atoms with Crippen molar-refractivity contribution in [1.29, 1.82) is 0 Å². The molecular weight excluding hydrogens is 629 g/mol. The third-order valence-electron chi connectivity index (χ3n) is 7.71. The Balaban J connectivity index is 0.00000264. The van der Waals surface area contributed by atoms with Gasteiger partial charge in [0.15, 0.2) is 0 Å². The first kappa shape index (κ1) is 35.2. The number of carbonyl (C=O) groups excluding carboxylic acids is 1. The second-order valence-corrected chi connectivity index (χ2v) is 10.6. The lowest BCUT2D eigenvalue weighted by Crippen LogP contribution is -2.56. The van der Waals surface area contributed by atoms with Crippen molar-refractivity contribution in [3.05, 3.63) is 101 Å². The van der Waals surface area contributed by atoms with Crippen molar-refractivity contribution in [2.24, 2.45) is 0 Å². The molecule has 0 unspecified atom stereocenters. The summed E-state index contributed by atoms with van der Waals surface area (Å²) in [4.78, 5) is 24.6. The molecule has 238 valence electrons. The number of amides is 1. The fourth-order valence-corrected chi connectivity index (χ4v) is 5.57. The molecule has 0 bridgehead atoms. The molecule has 2 aromatic heterocycles. The van der Waals surface area contributed by atoms with E-state index in [2.05, 4.69) is 14.9 Å². The highest BCUT2D eigenvalue weighted by Gasteiger charge is 2.39. The van der Waals surface area contributed by atoms with E-state index in [-0.39, 0.29) is 37.4 Å². The number of hydrogen-bond acceptors (Lipinski definition) is 3. The van der Waals surface area contributed by atoms with Gasteiger partial charge in [-0.05, 0) is 73.7 Å². The van der Waals surface area contributed by atoms with Crippen molar-refractivity contribution in [2.45, 2.75) is 44.1 Å². The van der Waals surface area contributed by atoms with E-state index in [0.717, 1.165) is 47.8 Å². The standard InChI is InChI=1S/C31H30F6N4O.2ClH/c32-30(33,34)24-14-22(15-25(17-24)31(35,36)37)29(42)41-13-12-40(11-4-3-6-21-7-5-10-38-18-21)20-26(41)16-23-19-39-28-9-2-1-8-27(23)28;;/h1-2,5,7-10,14-15,17-19,26,39H,3-4,6,11-13,16,20H2;2*1H/t26-;;/m1../s1. The molecule has 3 heterocycles. The van der Waals surface area contributed by atoms with Crippen LogP contribution in [0.3, 0.4) is 0 Å². The zero-order valence-electron chi connectivity index (χ0n) is 23.5. The van der Waals surface area contributed by atoms with E-state index < -0.39 is 41.0 Å². The summed E-state index contributed by atoms with van der Waals surface area (Å²) < 4.78 is 81.1. The first-order valence-corrected chi connectivity index (χ1v) is 13.8. The molecule has 5 nitrogen and oxygen atoms in total. The van der Waals surface area contributed by atoms with Crippen molar-refractivity contribution >= 4 is 41.6 Å². The fraction of sp³-hybridized carbons (Fsp3) is 0.355. The van der Waals surface area contributed by atoms with Crippen LogP contribution in [0.5, 0.6) is 0 Å². The number of para-hydroxylation sites is 1. The van der Waals surface area contributed by atoms with Gasteiger partial charge in [0.05, 0.1) is 11.1 Å². The predicted molar refractivity (Wildman–Crippen MR) is 161 cm³/mol.